The van der Waals surface area contributed by atoms with Crippen LogP contribution in [0.3, 0.4) is 0 Å². The van der Waals surface area contributed by atoms with Gasteiger partial charge in [0.2, 0.25) is 0 Å². The maximum absolute atomic E-state index is 11.9. The largest absolute Gasteiger partial charge is 0.469 e. The van der Waals surface area contributed by atoms with Gasteiger partial charge in [-0.2, -0.15) is 0 Å². The van der Waals surface area contributed by atoms with Gasteiger partial charge in [0.05, 0.1) is 13.5 Å². The van der Waals surface area contributed by atoms with Crippen molar-refractivity contribution in [2.45, 2.75) is 13.0 Å². The molecule has 0 unspecified atom stereocenters. The number of benzene rings is 1. The number of carbonyl (C=O) groups is 2. The van der Waals surface area contributed by atoms with Crippen LogP contribution in [0.15, 0.2) is 24.3 Å². The monoisotopic (exact) mass is 262 g/mol. The molecule has 2 rings (SSSR count). The highest BCUT2D eigenvalue weighted by atomic mass is 16.5. The average molecular weight is 262 g/mol. The van der Waals surface area contributed by atoms with Crippen molar-refractivity contribution in [1.29, 1.82) is 0 Å². The van der Waals surface area contributed by atoms with Gasteiger partial charge in [-0.15, -0.1) is 0 Å². The van der Waals surface area contributed by atoms with Gasteiger partial charge >= 0.3 is 12.0 Å². The standard InChI is InChI=1S/C14H18N2O3/c1-15-7-8-16(14(15)18)10-12-6-4-3-5-11(12)9-13(17)19-2/h3-6H,7-10H2,1-2H3. The van der Waals surface area contributed by atoms with Crippen LogP contribution in [-0.2, 0) is 22.5 Å². The summed E-state index contributed by atoms with van der Waals surface area (Å²) in [6, 6.07) is 7.69. The SMILES string of the molecule is COC(=O)Cc1ccccc1CN1CCN(C)C1=O. The first-order chi connectivity index (χ1) is 9.11. The first-order valence-electron chi connectivity index (χ1n) is 6.25. The number of likely N-dealkylation sites (N-methyl/N-ethyl adjacent to an activating group) is 1. The fourth-order valence-electron chi connectivity index (χ4n) is 2.17. The highest BCUT2D eigenvalue weighted by Gasteiger charge is 2.25. The van der Waals surface area contributed by atoms with E-state index in [2.05, 4.69) is 4.74 Å². The lowest BCUT2D eigenvalue weighted by Gasteiger charge is -2.18. The third-order valence-electron chi connectivity index (χ3n) is 3.34. The predicted octanol–water partition coefficient (Wildman–Crippen LogP) is 1.27. The smallest absolute Gasteiger partial charge is 0.320 e. The number of amides is 2. The Kier molecular flexibility index (Phi) is 4.04. The molecule has 1 fully saturated rings. The summed E-state index contributed by atoms with van der Waals surface area (Å²) in [5.74, 6) is -0.266. The molecule has 0 saturated carbocycles. The minimum absolute atomic E-state index is 0.0351. The molecular weight excluding hydrogens is 244 g/mol. The van der Waals surface area contributed by atoms with Gasteiger partial charge in [-0.1, -0.05) is 24.3 Å². The van der Waals surface area contributed by atoms with Crippen LogP contribution >= 0.6 is 0 Å². The number of ether oxygens (including phenoxy) is 1. The molecular formula is C14H18N2O3. The molecule has 2 amide bonds. The molecule has 1 aromatic carbocycles. The summed E-state index contributed by atoms with van der Waals surface area (Å²) >= 11 is 0. The van der Waals surface area contributed by atoms with Gasteiger partial charge < -0.3 is 14.5 Å². The van der Waals surface area contributed by atoms with E-state index in [1.807, 2.05) is 24.3 Å². The van der Waals surface area contributed by atoms with Crippen LogP contribution in [0.1, 0.15) is 11.1 Å². The van der Waals surface area contributed by atoms with Gasteiger partial charge in [0, 0.05) is 26.7 Å². The van der Waals surface area contributed by atoms with E-state index in [0.717, 1.165) is 24.2 Å². The first kappa shape index (κ1) is 13.4. The van der Waals surface area contributed by atoms with Gasteiger partial charge in [0.15, 0.2) is 0 Å². The van der Waals surface area contributed by atoms with Gasteiger partial charge in [0.25, 0.3) is 0 Å². The molecule has 5 heteroatoms. The lowest BCUT2D eigenvalue weighted by molar-refractivity contribution is -0.139. The van der Waals surface area contributed by atoms with Crippen LogP contribution in [0.5, 0.6) is 0 Å². The molecule has 19 heavy (non-hydrogen) atoms. The Morgan fingerprint density at radius 3 is 2.53 bits per heavy atom. The second-order valence-electron chi connectivity index (χ2n) is 4.65. The summed E-state index contributed by atoms with van der Waals surface area (Å²) in [6.07, 6.45) is 0.241. The van der Waals surface area contributed by atoms with Gasteiger partial charge in [-0.3, -0.25) is 4.79 Å². The quantitative estimate of drug-likeness (QED) is 0.768. The number of esters is 1. The zero-order valence-corrected chi connectivity index (χ0v) is 11.3. The molecule has 1 heterocycles. The van der Waals surface area contributed by atoms with Crippen molar-refractivity contribution in [3.8, 4) is 0 Å². The molecule has 0 N–H and O–H groups in total. The normalized spacial score (nSPS) is 14.9. The molecule has 0 bridgehead atoms. The van der Waals surface area contributed by atoms with Gasteiger partial charge in [-0.05, 0) is 11.1 Å². The van der Waals surface area contributed by atoms with Crippen molar-refractivity contribution < 1.29 is 14.3 Å². The Hall–Kier alpha value is -2.04. The molecule has 0 spiro atoms. The Labute approximate surface area is 112 Å². The van der Waals surface area contributed by atoms with Crippen LogP contribution in [0.4, 0.5) is 4.79 Å². The van der Waals surface area contributed by atoms with E-state index in [0.29, 0.717) is 6.54 Å². The van der Waals surface area contributed by atoms with E-state index in [-0.39, 0.29) is 18.4 Å². The van der Waals surface area contributed by atoms with E-state index < -0.39 is 0 Å². The van der Waals surface area contributed by atoms with Crippen molar-refractivity contribution in [2.75, 3.05) is 27.2 Å². The second-order valence-corrected chi connectivity index (χ2v) is 4.65. The molecule has 0 radical (unpaired) electrons. The maximum Gasteiger partial charge on any atom is 0.320 e. The molecule has 102 valence electrons. The summed E-state index contributed by atoms with van der Waals surface area (Å²) < 4.78 is 4.69. The summed E-state index contributed by atoms with van der Waals surface area (Å²) in [5, 5.41) is 0. The lowest BCUT2D eigenvalue weighted by Crippen LogP contribution is -2.29. The molecule has 0 atom stereocenters. The van der Waals surface area contributed by atoms with Crippen molar-refractivity contribution in [3.05, 3.63) is 35.4 Å². The molecule has 0 aromatic heterocycles. The zero-order valence-electron chi connectivity index (χ0n) is 11.3. The molecule has 1 saturated heterocycles. The number of carbonyl (C=O) groups excluding carboxylic acids is 2. The topological polar surface area (TPSA) is 49.9 Å². The molecule has 5 nitrogen and oxygen atoms in total. The minimum atomic E-state index is -0.266. The van der Waals surface area contributed by atoms with Crippen LogP contribution < -0.4 is 0 Å². The number of hydrogen-bond donors (Lipinski definition) is 0. The zero-order chi connectivity index (χ0) is 13.8. The van der Waals surface area contributed by atoms with Crippen LogP contribution in [0.2, 0.25) is 0 Å². The van der Waals surface area contributed by atoms with E-state index in [1.165, 1.54) is 7.11 Å². The number of urea groups is 1. The summed E-state index contributed by atoms with van der Waals surface area (Å²) in [5.41, 5.74) is 1.91. The van der Waals surface area contributed by atoms with Crippen molar-refractivity contribution in [3.63, 3.8) is 0 Å². The van der Waals surface area contributed by atoms with Crippen molar-refractivity contribution >= 4 is 12.0 Å². The Bertz CT molecular complexity index is 487. The Morgan fingerprint density at radius 1 is 1.26 bits per heavy atom. The maximum atomic E-state index is 11.9. The fourth-order valence-corrected chi connectivity index (χ4v) is 2.17. The number of methoxy groups -OCH3 is 1. The Morgan fingerprint density at radius 2 is 1.95 bits per heavy atom. The second kappa shape index (κ2) is 5.73. The van der Waals surface area contributed by atoms with E-state index >= 15 is 0 Å². The average Bonchev–Trinajstić information content (AvgIpc) is 2.73. The van der Waals surface area contributed by atoms with Crippen LogP contribution in [0, 0.1) is 0 Å². The summed E-state index contributed by atoms with van der Waals surface area (Å²) in [7, 11) is 3.17. The first-order valence-corrected chi connectivity index (χ1v) is 6.25. The lowest BCUT2D eigenvalue weighted by atomic mass is 10.0. The number of nitrogens with zero attached hydrogens (tertiary/aromatic N) is 2. The molecule has 1 aliphatic heterocycles. The van der Waals surface area contributed by atoms with E-state index in [4.69, 9.17) is 0 Å². The number of rotatable bonds is 4. The molecule has 1 aromatic rings. The van der Waals surface area contributed by atoms with Crippen molar-refractivity contribution in [2.24, 2.45) is 0 Å². The minimum Gasteiger partial charge on any atom is -0.469 e. The van der Waals surface area contributed by atoms with Gasteiger partial charge in [-0.25, -0.2) is 4.79 Å². The summed E-state index contributed by atoms with van der Waals surface area (Å²) in [6.45, 7) is 2.01. The van der Waals surface area contributed by atoms with E-state index in [1.54, 1.807) is 16.8 Å². The third kappa shape index (κ3) is 3.05. The number of hydrogen-bond acceptors (Lipinski definition) is 3. The van der Waals surface area contributed by atoms with Gasteiger partial charge in [0.1, 0.15) is 0 Å². The molecule has 1 aliphatic rings. The summed E-state index contributed by atoms with van der Waals surface area (Å²) in [4.78, 5) is 26.7. The predicted molar refractivity (Wildman–Crippen MR) is 70.6 cm³/mol. The van der Waals surface area contributed by atoms with E-state index in [9.17, 15) is 9.59 Å². The fraction of sp³-hybridized carbons (Fsp3) is 0.429. The van der Waals surface area contributed by atoms with Crippen LogP contribution in [-0.4, -0.2) is 49.0 Å². The Balaban J connectivity index is 2.12. The van der Waals surface area contributed by atoms with Crippen LogP contribution in [0.25, 0.3) is 0 Å². The highest BCUT2D eigenvalue weighted by molar-refractivity contribution is 5.76. The highest BCUT2D eigenvalue weighted by Crippen LogP contribution is 2.16. The molecule has 0 aliphatic carbocycles. The van der Waals surface area contributed by atoms with Crippen molar-refractivity contribution in [1.82, 2.24) is 9.80 Å². The third-order valence-corrected chi connectivity index (χ3v) is 3.34.